The van der Waals surface area contributed by atoms with E-state index in [9.17, 15) is 10.0 Å². The number of halogens is 1. The molecule has 0 spiro atoms. The molecule has 0 bridgehead atoms. The second-order valence-corrected chi connectivity index (χ2v) is 7.57. The molecule has 22 heavy (non-hydrogen) atoms. The largest absolute Gasteiger partial charge is 0.350 e. The zero-order valence-corrected chi connectivity index (χ0v) is 14.0. The Bertz CT molecular complexity index is 674. The predicted octanol–water partition coefficient (Wildman–Crippen LogP) is 4.43. The van der Waals surface area contributed by atoms with E-state index in [4.69, 9.17) is 17.3 Å². The number of carbonyl (C=O) groups excluding carboxylic acids is 1. The highest BCUT2D eigenvalue weighted by Gasteiger charge is 2.41. The highest BCUT2D eigenvalue weighted by atomic mass is 35.5. The summed E-state index contributed by atoms with van der Waals surface area (Å²) < 4.78 is 0. The van der Waals surface area contributed by atoms with Gasteiger partial charge in [0.2, 0.25) is 0 Å². The summed E-state index contributed by atoms with van der Waals surface area (Å²) in [6, 6.07) is 6.97. The number of benzene rings is 1. The number of carbonyl (C=O) groups is 1. The van der Waals surface area contributed by atoms with Crippen molar-refractivity contribution in [1.29, 1.82) is 0 Å². The highest BCUT2D eigenvalue weighted by Crippen LogP contribution is 2.52. The molecule has 1 aromatic carbocycles. The van der Waals surface area contributed by atoms with Crippen molar-refractivity contribution in [2.75, 3.05) is 6.54 Å². The van der Waals surface area contributed by atoms with Crippen molar-refractivity contribution >= 4 is 40.7 Å². The molecule has 7 heteroatoms. The van der Waals surface area contributed by atoms with Crippen molar-refractivity contribution in [2.45, 2.75) is 22.1 Å². The molecule has 2 unspecified atom stereocenters. The molecule has 2 atom stereocenters. The summed E-state index contributed by atoms with van der Waals surface area (Å²) in [5.41, 5.74) is 6.33. The van der Waals surface area contributed by atoms with E-state index in [1.807, 2.05) is 24.3 Å². The molecule has 116 valence electrons. The first-order valence-electron chi connectivity index (χ1n) is 6.80. The Balaban J connectivity index is 1.66. The molecule has 1 aromatic heterocycles. The molecule has 3 rings (SSSR count). The zero-order chi connectivity index (χ0) is 15.7. The fourth-order valence-corrected chi connectivity index (χ4v) is 4.61. The van der Waals surface area contributed by atoms with E-state index in [0.717, 1.165) is 16.3 Å². The first kappa shape index (κ1) is 15.7. The minimum absolute atomic E-state index is 0.275. The number of primary amides is 1. The molecular weight excluding hydrogens is 340 g/mol. The minimum Gasteiger partial charge on any atom is -0.350 e. The van der Waals surface area contributed by atoms with E-state index in [1.54, 1.807) is 23.1 Å². The summed E-state index contributed by atoms with van der Waals surface area (Å²) in [6.45, 7) is 0.293. The number of amides is 2. The molecule has 0 saturated heterocycles. The third kappa shape index (κ3) is 3.57. The summed E-state index contributed by atoms with van der Waals surface area (Å²) in [7, 11) is 0. The molecular formula is C15H15ClN2O2S2. The Morgan fingerprint density at radius 1 is 1.41 bits per heavy atom. The molecule has 1 heterocycles. The molecule has 1 aliphatic rings. The molecule has 4 nitrogen and oxygen atoms in total. The number of nitrogens with zero attached hydrogens (tertiary/aromatic N) is 1. The van der Waals surface area contributed by atoms with Gasteiger partial charge in [-0.2, -0.15) is 11.3 Å². The maximum atomic E-state index is 10.9. The number of rotatable bonds is 5. The Hall–Kier alpha value is -1.21. The van der Waals surface area contributed by atoms with Gasteiger partial charge in [0.1, 0.15) is 0 Å². The second-order valence-electron chi connectivity index (χ2n) is 5.27. The van der Waals surface area contributed by atoms with E-state index in [-0.39, 0.29) is 5.92 Å². The third-order valence-electron chi connectivity index (χ3n) is 3.68. The summed E-state index contributed by atoms with van der Waals surface area (Å²) in [6.07, 6.45) is 0.968. The summed E-state index contributed by atoms with van der Waals surface area (Å²) in [4.78, 5) is 13.2. The SMILES string of the molecule is NC(=O)N(O)CC1CC1c1cscc1Sc1ccc(Cl)cc1. The minimum atomic E-state index is -0.799. The first-order chi connectivity index (χ1) is 10.5. The lowest BCUT2D eigenvalue weighted by Crippen LogP contribution is -2.34. The number of hydrogen-bond acceptors (Lipinski definition) is 4. The predicted molar refractivity (Wildman–Crippen MR) is 88.8 cm³/mol. The summed E-state index contributed by atoms with van der Waals surface area (Å²) >= 11 is 9.28. The molecule has 3 N–H and O–H groups in total. The number of thiophene rings is 1. The summed E-state index contributed by atoms with van der Waals surface area (Å²) in [5, 5.41) is 15.0. The van der Waals surface area contributed by atoms with Crippen molar-refractivity contribution in [3.63, 3.8) is 0 Å². The molecule has 0 radical (unpaired) electrons. The van der Waals surface area contributed by atoms with Crippen LogP contribution in [-0.2, 0) is 0 Å². The average molecular weight is 355 g/mol. The van der Waals surface area contributed by atoms with E-state index in [0.29, 0.717) is 17.5 Å². The van der Waals surface area contributed by atoms with Crippen LogP contribution in [0.15, 0.2) is 44.8 Å². The van der Waals surface area contributed by atoms with Gasteiger partial charge in [0.05, 0.1) is 6.54 Å². The molecule has 2 aromatic rings. The number of urea groups is 1. The van der Waals surface area contributed by atoms with Gasteiger partial charge in [0.25, 0.3) is 0 Å². The van der Waals surface area contributed by atoms with Crippen LogP contribution in [0.2, 0.25) is 5.02 Å². The number of hydrogen-bond donors (Lipinski definition) is 2. The maximum absolute atomic E-state index is 10.9. The Morgan fingerprint density at radius 3 is 2.82 bits per heavy atom. The van der Waals surface area contributed by atoms with E-state index in [2.05, 4.69) is 10.8 Å². The van der Waals surface area contributed by atoms with Gasteiger partial charge in [0.15, 0.2) is 0 Å². The monoisotopic (exact) mass is 354 g/mol. The smallest absolute Gasteiger partial charge is 0.338 e. The van der Waals surface area contributed by atoms with Crippen molar-refractivity contribution in [3.8, 4) is 0 Å². The average Bonchev–Trinajstić information content (AvgIpc) is 3.08. The van der Waals surface area contributed by atoms with E-state index in [1.165, 1.54) is 10.5 Å². The normalized spacial score (nSPS) is 19.9. The second kappa shape index (κ2) is 6.50. The van der Waals surface area contributed by atoms with Crippen LogP contribution in [0.5, 0.6) is 0 Å². The Kier molecular flexibility index (Phi) is 4.63. The van der Waals surface area contributed by atoms with Crippen LogP contribution in [0, 0.1) is 5.92 Å². The lowest BCUT2D eigenvalue weighted by Gasteiger charge is -2.11. The van der Waals surface area contributed by atoms with Crippen molar-refractivity contribution < 1.29 is 10.0 Å². The first-order valence-corrected chi connectivity index (χ1v) is 8.93. The lowest BCUT2D eigenvalue weighted by atomic mass is 10.2. The standard InChI is InChI=1S/C15H15ClN2O2S2/c16-10-1-3-11(4-2-10)22-14-8-21-7-13(14)12-5-9(12)6-18(20)15(17)19/h1-4,7-9,12,20H,5-6H2,(H2,17,19). The van der Waals surface area contributed by atoms with Crippen LogP contribution in [0.3, 0.4) is 0 Å². The van der Waals surface area contributed by atoms with E-state index < -0.39 is 6.03 Å². The van der Waals surface area contributed by atoms with Gasteiger partial charge in [-0.15, -0.1) is 0 Å². The molecule has 2 amide bonds. The zero-order valence-electron chi connectivity index (χ0n) is 11.6. The molecule has 1 fully saturated rings. The van der Waals surface area contributed by atoms with Gasteiger partial charge in [0, 0.05) is 20.2 Å². The van der Waals surface area contributed by atoms with Crippen LogP contribution < -0.4 is 5.73 Å². The van der Waals surface area contributed by atoms with Crippen molar-refractivity contribution in [1.82, 2.24) is 5.06 Å². The lowest BCUT2D eigenvalue weighted by molar-refractivity contribution is -0.0431. The maximum Gasteiger partial charge on any atom is 0.338 e. The Morgan fingerprint density at radius 2 is 2.14 bits per heavy atom. The summed E-state index contributed by atoms with van der Waals surface area (Å²) in [5.74, 6) is 0.659. The topological polar surface area (TPSA) is 66.6 Å². The van der Waals surface area contributed by atoms with Crippen LogP contribution in [-0.4, -0.2) is 22.8 Å². The van der Waals surface area contributed by atoms with Gasteiger partial charge in [-0.25, -0.2) is 9.86 Å². The van der Waals surface area contributed by atoms with E-state index >= 15 is 0 Å². The van der Waals surface area contributed by atoms with Gasteiger partial charge >= 0.3 is 6.03 Å². The quantitative estimate of drug-likeness (QED) is 0.616. The Labute approximate surface area is 141 Å². The fraction of sp³-hybridized carbons (Fsp3) is 0.267. The molecule has 1 saturated carbocycles. The molecule has 1 aliphatic carbocycles. The van der Waals surface area contributed by atoms with Crippen molar-refractivity contribution in [3.05, 3.63) is 45.6 Å². The highest BCUT2D eigenvalue weighted by molar-refractivity contribution is 7.99. The van der Waals surface area contributed by atoms with Gasteiger partial charge in [-0.05, 0) is 53.5 Å². The third-order valence-corrected chi connectivity index (χ3v) is 5.92. The van der Waals surface area contributed by atoms with Crippen LogP contribution in [0.4, 0.5) is 4.79 Å². The van der Waals surface area contributed by atoms with Gasteiger partial charge in [-0.1, -0.05) is 23.4 Å². The van der Waals surface area contributed by atoms with Gasteiger partial charge in [-0.3, -0.25) is 5.21 Å². The van der Waals surface area contributed by atoms with Crippen LogP contribution >= 0.6 is 34.7 Å². The van der Waals surface area contributed by atoms with Crippen molar-refractivity contribution in [2.24, 2.45) is 11.7 Å². The van der Waals surface area contributed by atoms with Gasteiger partial charge < -0.3 is 5.73 Å². The van der Waals surface area contributed by atoms with Crippen LogP contribution in [0.25, 0.3) is 0 Å². The fourth-order valence-electron chi connectivity index (χ4n) is 2.42. The number of hydroxylamine groups is 2. The number of nitrogens with two attached hydrogens (primary N) is 1. The molecule has 0 aliphatic heterocycles. The van der Waals surface area contributed by atoms with Crippen LogP contribution in [0.1, 0.15) is 17.9 Å².